The standard InChI is InChI=1S/C23H26N4O3/c1-3-5-11-20(28)22-25-21(8-4-2)27(26-22)15-17-13-12-16(14-24-17)18-9-6-7-10-19(18)23(29)30/h6-7,9-10,12-14H,3-5,8,11,15H2,1-2H3,(H,29,30). The van der Waals surface area contributed by atoms with E-state index in [1.165, 1.54) is 0 Å². The molecule has 0 spiro atoms. The Labute approximate surface area is 175 Å². The smallest absolute Gasteiger partial charge is 0.336 e. The van der Waals surface area contributed by atoms with Crippen LogP contribution in [-0.2, 0) is 13.0 Å². The predicted octanol–water partition coefficient (Wildman–Crippen LogP) is 4.41. The summed E-state index contributed by atoms with van der Waals surface area (Å²) in [6.07, 6.45) is 5.55. The average molecular weight is 406 g/mol. The van der Waals surface area contributed by atoms with Gasteiger partial charge in [-0.25, -0.2) is 14.5 Å². The van der Waals surface area contributed by atoms with Gasteiger partial charge < -0.3 is 5.11 Å². The normalized spacial score (nSPS) is 10.9. The van der Waals surface area contributed by atoms with Crippen molar-refractivity contribution >= 4 is 11.8 Å². The number of nitrogens with zero attached hydrogens (tertiary/aromatic N) is 4. The molecule has 3 rings (SSSR count). The number of hydrogen-bond donors (Lipinski definition) is 1. The van der Waals surface area contributed by atoms with Crippen LogP contribution in [0, 0.1) is 0 Å². The van der Waals surface area contributed by atoms with Crippen LogP contribution in [-0.4, -0.2) is 36.6 Å². The lowest BCUT2D eigenvalue weighted by molar-refractivity contribution is 0.0697. The molecule has 0 amide bonds. The molecule has 3 aromatic rings. The third-order valence-electron chi connectivity index (χ3n) is 4.83. The van der Waals surface area contributed by atoms with Gasteiger partial charge in [-0.2, -0.15) is 0 Å². The van der Waals surface area contributed by atoms with E-state index in [-0.39, 0.29) is 17.2 Å². The molecule has 2 heterocycles. The molecular formula is C23H26N4O3. The molecule has 0 radical (unpaired) electrons. The maximum atomic E-state index is 12.3. The van der Waals surface area contributed by atoms with Crippen molar-refractivity contribution in [2.24, 2.45) is 0 Å². The van der Waals surface area contributed by atoms with E-state index in [1.54, 1.807) is 35.1 Å². The molecule has 1 N–H and O–H groups in total. The van der Waals surface area contributed by atoms with E-state index in [1.807, 2.05) is 19.1 Å². The number of hydrogen-bond acceptors (Lipinski definition) is 5. The summed E-state index contributed by atoms with van der Waals surface area (Å²) in [5, 5.41) is 13.8. The third kappa shape index (κ3) is 4.97. The molecule has 0 aliphatic carbocycles. The summed E-state index contributed by atoms with van der Waals surface area (Å²) in [6, 6.07) is 10.6. The van der Waals surface area contributed by atoms with Crippen LogP contribution in [0.4, 0.5) is 0 Å². The minimum Gasteiger partial charge on any atom is -0.478 e. The first-order valence-corrected chi connectivity index (χ1v) is 10.3. The zero-order chi connectivity index (χ0) is 21.5. The Morgan fingerprint density at radius 2 is 1.87 bits per heavy atom. The van der Waals surface area contributed by atoms with Gasteiger partial charge in [-0.1, -0.05) is 44.5 Å². The van der Waals surface area contributed by atoms with E-state index >= 15 is 0 Å². The number of rotatable bonds is 10. The summed E-state index contributed by atoms with van der Waals surface area (Å²) in [5.41, 5.74) is 2.37. The second-order valence-electron chi connectivity index (χ2n) is 7.17. The Morgan fingerprint density at radius 3 is 2.53 bits per heavy atom. The number of benzene rings is 1. The Bertz CT molecular complexity index is 1030. The van der Waals surface area contributed by atoms with Crippen LogP contribution in [0.2, 0.25) is 0 Å². The lowest BCUT2D eigenvalue weighted by atomic mass is 10.0. The van der Waals surface area contributed by atoms with Crippen LogP contribution < -0.4 is 0 Å². The number of aromatic carboxylic acids is 1. The highest BCUT2D eigenvalue weighted by Crippen LogP contribution is 2.23. The maximum absolute atomic E-state index is 12.3. The third-order valence-corrected chi connectivity index (χ3v) is 4.83. The SMILES string of the molecule is CCCCC(=O)c1nc(CCC)n(Cc2ccc(-c3ccccc3C(=O)O)cn2)n1. The Kier molecular flexibility index (Phi) is 7.06. The largest absolute Gasteiger partial charge is 0.478 e. The topological polar surface area (TPSA) is 98.0 Å². The zero-order valence-electron chi connectivity index (χ0n) is 17.3. The molecule has 0 fully saturated rings. The van der Waals surface area contributed by atoms with Crippen molar-refractivity contribution in [3.05, 3.63) is 65.5 Å². The number of aryl methyl sites for hydroxylation is 1. The van der Waals surface area contributed by atoms with Crippen LogP contribution in [0.1, 0.15) is 72.0 Å². The molecule has 7 nitrogen and oxygen atoms in total. The fourth-order valence-electron chi connectivity index (χ4n) is 3.23. The summed E-state index contributed by atoms with van der Waals surface area (Å²) >= 11 is 0. The Balaban J connectivity index is 1.82. The second-order valence-corrected chi connectivity index (χ2v) is 7.17. The molecular weight excluding hydrogens is 380 g/mol. The molecule has 0 saturated carbocycles. The Morgan fingerprint density at radius 1 is 1.07 bits per heavy atom. The van der Waals surface area contributed by atoms with Gasteiger partial charge >= 0.3 is 5.97 Å². The van der Waals surface area contributed by atoms with Gasteiger partial charge in [0.1, 0.15) is 5.82 Å². The van der Waals surface area contributed by atoms with Crippen molar-refractivity contribution in [3.8, 4) is 11.1 Å². The minimum atomic E-state index is -0.971. The highest BCUT2D eigenvalue weighted by atomic mass is 16.4. The molecule has 0 bridgehead atoms. The molecule has 0 unspecified atom stereocenters. The van der Waals surface area contributed by atoms with Gasteiger partial charge in [-0.15, -0.1) is 5.10 Å². The first-order valence-electron chi connectivity index (χ1n) is 10.3. The van der Waals surface area contributed by atoms with Gasteiger partial charge in [-0.05, 0) is 30.5 Å². The maximum Gasteiger partial charge on any atom is 0.336 e. The molecule has 2 aromatic heterocycles. The van der Waals surface area contributed by atoms with Crippen LogP contribution >= 0.6 is 0 Å². The van der Waals surface area contributed by atoms with Gasteiger partial charge in [0.2, 0.25) is 11.6 Å². The van der Waals surface area contributed by atoms with Gasteiger partial charge in [0.05, 0.1) is 17.8 Å². The van der Waals surface area contributed by atoms with E-state index in [0.29, 0.717) is 18.5 Å². The highest BCUT2D eigenvalue weighted by Gasteiger charge is 2.16. The van der Waals surface area contributed by atoms with E-state index in [0.717, 1.165) is 42.8 Å². The molecule has 0 aliphatic heterocycles. The van der Waals surface area contributed by atoms with Crippen molar-refractivity contribution in [2.75, 3.05) is 0 Å². The molecule has 0 atom stereocenters. The Hall–Kier alpha value is -3.35. The van der Waals surface area contributed by atoms with Crippen molar-refractivity contribution < 1.29 is 14.7 Å². The summed E-state index contributed by atoms with van der Waals surface area (Å²) in [6.45, 7) is 4.51. The predicted molar refractivity (Wildman–Crippen MR) is 114 cm³/mol. The molecule has 30 heavy (non-hydrogen) atoms. The van der Waals surface area contributed by atoms with E-state index < -0.39 is 5.97 Å². The zero-order valence-corrected chi connectivity index (χ0v) is 17.3. The number of carbonyl (C=O) groups is 2. The molecule has 156 valence electrons. The van der Waals surface area contributed by atoms with Crippen LogP contribution in [0.5, 0.6) is 0 Å². The first-order chi connectivity index (χ1) is 14.5. The summed E-state index contributed by atoms with van der Waals surface area (Å²) in [7, 11) is 0. The summed E-state index contributed by atoms with van der Waals surface area (Å²) < 4.78 is 1.75. The first kappa shape index (κ1) is 21.4. The summed E-state index contributed by atoms with van der Waals surface area (Å²) in [4.78, 5) is 32.7. The van der Waals surface area contributed by atoms with E-state index in [9.17, 15) is 14.7 Å². The van der Waals surface area contributed by atoms with Crippen LogP contribution in [0.25, 0.3) is 11.1 Å². The van der Waals surface area contributed by atoms with Crippen molar-refractivity contribution in [2.45, 2.75) is 52.5 Å². The monoisotopic (exact) mass is 406 g/mol. The van der Waals surface area contributed by atoms with Gasteiger partial charge in [0.25, 0.3) is 0 Å². The average Bonchev–Trinajstić information content (AvgIpc) is 3.15. The quantitative estimate of drug-likeness (QED) is 0.501. The van der Waals surface area contributed by atoms with Crippen molar-refractivity contribution in [1.82, 2.24) is 19.7 Å². The van der Waals surface area contributed by atoms with E-state index in [4.69, 9.17) is 0 Å². The van der Waals surface area contributed by atoms with Crippen LogP contribution in [0.3, 0.4) is 0 Å². The number of ketones is 1. The number of unbranched alkanes of at least 4 members (excludes halogenated alkanes) is 1. The number of carbonyl (C=O) groups excluding carboxylic acids is 1. The number of carboxylic acid groups (broad SMARTS) is 1. The number of aromatic nitrogens is 4. The van der Waals surface area contributed by atoms with Crippen LogP contribution in [0.15, 0.2) is 42.6 Å². The molecule has 0 saturated heterocycles. The highest BCUT2D eigenvalue weighted by molar-refractivity contribution is 5.95. The van der Waals surface area contributed by atoms with Crippen molar-refractivity contribution in [3.63, 3.8) is 0 Å². The fourth-order valence-corrected chi connectivity index (χ4v) is 3.23. The van der Waals surface area contributed by atoms with Gasteiger partial charge in [0, 0.05) is 24.6 Å². The lowest BCUT2D eigenvalue weighted by Crippen LogP contribution is -2.09. The van der Waals surface area contributed by atoms with Gasteiger partial charge in [-0.3, -0.25) is 9.78 Å². The number of Topliss-reactive ketones (excluding diaryl/α,β-unsaturated/α-hetero) is 1. The minimum absolute atomic E-state index is 0.0264. The number of carboxylic acids is 1. The molecule has 7 heteroatoms. The molecule has 1 aromatic carbocycles. The fraction of sp³-hybridized carbons (Fsp3) is 0.348. The van der Waals surface area contributed by atoms with E-state index in [2.05, 4.69) is 22.0 Å². The number of pyridine rings is 1. The van der Waals surface area contributed by atoms with Crippen molar-refractivity contribution in [1.29, 1.82) is 0 Å². The summed E-state index contributed by atoms with van der Waals surface area (Å²) in [5.74, 6) is 0.0571. The molecule has 0 aliphatic rings. The second kappa shape index (κ2) is 9.91. The lowest BCUT2D eigenvalue weighted by Gasteiger charge is -2.08. The van der Waals surface area contributed by atoms with Gasteiger partial charge in [0.15, 0.2) is 0 Å².